The summed E-state index contributed by atoms with van der Waals surface area (Å²) in [4.78, 5) is 29.4. The van der Waals surface area contributed by atoms with Gasteiger partial charge in [-0.05, 0) is 62.7 Å². The zero-order valence-electron chi connectivity index (χ0n) is 24.9. The summed E-state index contributed by atoms with van der Waals surface area (Å²) >= 11 is 0. The zero-order chi connectivity index (χ0) is 30.2. The molecule has 44 heavy (non-hydrogen) atoms. The Bertz CT molecular complexity index is 1600. The Labute approximate surface area is 272 Å². The average Bonchev–Trinajstić information content (AvgIpc) is 3.01. The molecule has 0 aliphatic carbocycles. The van der Waals surface area contributed by atoms with Gasteiger partial charge in [-0.3, -0.25) is 13.9 Å². The van der Waals surface area contributed by atoms with E-state index in [4.69, 9.17) is 4.74 Å². The van der Waals surface area contributed by atoms with Crippen LogP contribution in [-0.2, 0) is 25.1 Å². The highest BCUT2D eigenvalue weighted by molar-refractivity contribution is 7.96. The van der Waals surface area contributed by atoms with E-state index in [2.05, 4.69) is 36.4 Å². The summed E-state index contributed by atoms with van der Waals surface area (Å²) in [6, 6.07) is 40.5. The highest BCUT2D eigenvalue weighted by atomic mass is 79.9. The minimum atomic E-state index is -2.43. The van der Waals surface area contributed by atoms with Crippen LogP contribution in [0.4, 0.5) is 0 Å². The van der Waals surface area contributed by atoms with Gasteiger partial charge in [0.1, 0.15) is 39.8 Å². The molecule has 1 amide bonds. The Morgan fingerprint density at radius 3 is 1.66 bits per heavy atom. The smallest absolute Gasteiger partial charge is 0.355 e. The van der Waals surface area contributed by atoms with Crippen molar-refractivity contribution in [2.75, 3.05) is 11.9 Å². The molecule has 0 N–H and O–H groups in total. The molecule has 2 aliphatic rings. The van der Waals surface area contributed by atoms with Crippen molar-refractivity contribution in [3.63, 3.8) is 0 Å². The minimum absolute atomic E-state index is 0. The van der Waals surface area contributed by atoms with Gasteiger partial charge in [-0.2, -0.15) is 0 Å². The Hall–Kier alpha value is -3.38. The van der Waals surface area contributed by atoms with Crippen LogP contribution in [0.3, 0.4) is 0 Å². The fourth-order valence-corrected chi connectivity index (χ4v) is 12.4. The molecule has 5 nitrogen and oxygen atoms in total. The molecule has 0 aromatic heterocycles. The molecule has 4 aromatic carbocycles. The van der Waals surface area contributed by atoms with E-state index in [0.29, 0.717) is 11.7 Å². The van der Waals surface area contributed by atoms with E-state index in [1.165, 1.54) is 4.90 Å². The lowest BCUT2D eigenvalue weighted by Crippen LogP contribution is -3.00. The van der Waals surface area contributed by atoms with Crippen LogP contribution < -0.4 is 32.9 Å². The number of esters is 1. The summed E-state index contributed by atoms with van der Waals surface area (Å²) in [6.07, 6.45) is 0.456. The van der Waals surface area contributed by atoms with Gasteiger partial charge in [-0.1, -0.05) is 84.9 Å². The second-order valence-electron chi connectivity index (χ2n) is 11.9. The lowest BCUT2D eigenvalue weighted by Gasteiger charge is -2.50. The van der Waals surface area contributed by atoms with E-state index >= 15 is 0 Å². The molecule has 4 aromatic rings. The number of amides is 1. The maximum Gasteiger partial charge on any atom is 0.355 e. The summed E-state index contributed by atoms with van der Waals surface area (Å²) in [5, 5.41) is 2.83. The fraction of sp³-hybridized carbons (Fsp3) is 0.222. The zero-order valence-corrected chi connectivity index (χ0v) is 28.2. The number of benzene rings is 4. The van der Waals surface area contributed by atoms with Crippen molar-refractivity contribution >= 4 is 45.9 Å². The van der Waals surface area contributed by atoms with Crippen molar-refractivity contribution in [1.82, 2.24) is 4.90 Å². The van der Waals surface area contributed by atoms with Gasteiger partial charge < -0.3 is 21.7 Å². The normalized spacial score (nSPS) is 19.8. The van der Waals surface area contributed by atoms with Gasteiger partial charge in [0.2, 0.25) is 5.91 Å². The third-order valence-corrected chi connectivity index (χ3v) is 14.0. The van der Waals surface area contributed by atoms with E-state index in [1.54, 1.807) is 0 Å². The van der Waals surface area contributed by atoms with Gasteiger partial charge in [-0.15, -0.1) is 0 Å². The lowest BCUT2D eigenvalue weighted by molar-refractivity contribution is -0.158. The quantitative estimate of drug-likeness (QED) is 0.170. The first-order valence-electron chi connectivity index (χ1n) is 14.5. The summed E-state index contributed by atoms with van der Waals surface area (Å²) in [7, 11) is -3.85. The van der Waals surface area contributed by atoms with Gasteiger partial charge in [0, 0.05) is 5.57 Å². The van der Waals surface area contributed by atoms with Crippen molar-refractivity contribution in [3.05, 3.63) is 138 Å². The second kappa shape index (κ2) is 12.9. The SMILES string of the molecule is CC(C)(C)OC(=O)C1=C(C[P+](c2ccccc2)(c2ccccc2)c2ccccc2)CS(=O)[C@@H]2[C@H](c3ccccc3)C(=O)N12.[Br-]. The molecule has 226 valence electrons. The number of hydrogen-bond donors (Lipinski definition) is 0. The van der Waals surface area contributed by atoms with Crippen molar-refractivity contribution in [1.29, 1.82) is 0 Å². The van der Waals surface area contributed by atoms with Crippen molar-refractivity contribution in [2.24, 2.45) is 0 Å². The number of rotatable bonds is 7. The second-order valence-corrected chi connectivity index (χ2v) is 17.0. The lowest BCUT2D eigenvalue weighted by atomic mass is 9.88. The number of β-lactam (4-membered cyclic amide) rings is 1. The number of carbonyl (C=O) groups excluding carboxylic acids is 2. The number of nitrogens with zero attached hydrogens (tertiary/aromatic N) is 1. The number of carbonyl (C=O) groups is 2. The van der Waals surface area contributed by atoms with Crippen molar-refractivity contribution in [3.8, 4) is 0 Å². The van der Waals surface area contributed by atoms with Gasteiger partial charge in [-0.25, -0.2) is 4.79 Å². The molecule has 0 saturated carbocycles. The molecule has 2 aliphatic heterocycles. The highest BCUT2D eigenvalue weighted by Gasteiger charge is 2.59. The van der Waals surface area contributed by atoms with E-state index < -0.39 is 40.9 Å². The van der Waals surface area contributed by atoms with Gasteiger partial charge in [0.15, 0.2) is 0 Å². The third-order valence-electron chi connectivity index (χ3n) is 7.97. The molecular weight excluding hydrogens is 653 g/mol. The highest BCUT2D eigenvalue weighted by Crippen LogP contribution is 2.58. The van der Waals surface area contributed by atoms with E-state index in [1.807, 2.05) is 106 Å². The Balaban J connectivity index is 0.00000384. The van der Waals surface area contributed by atoms with Crippen LogP contribution in [0.5, 0.6) is 0 Å². The van der Waals surface area contributed by atoms with E-state index in [-0.39, 0.29) is 34.3 Å². The first-order valence-corrected chi connectivity index (χ1v) is 17.8. The largest absolute Gasteiger partial charge is 1.00 e. The molecule has 1 unspecified atom stereocenters. The molecule has 0 radical (unpaired) electrons. The molecule has 3 atom stereocenters. The van der Waals surface area contributed by atoms with E-state index in [9.17, 15) is 13.8 Å². The molecule has 0 spiro atoms. The van der Waals surface area contributed by atoms with Crippen LogP contribution in [0.2, 0.25) is 0 Å². The predicted octanol–water partition coefficient (Wildman–Crippen LogP) is 2.29. The standard InChI is InChI=1S/C36H35NO4PS.BrH/c1-36(2,3)41-35(39)32-27(25-43(40)34-31(33(38)37(32)34)26-16-8-4-9-17-26)24-42(28-18-10-5-11-19-28,29-20-12-6-13-21-29)30-22-14-7-15-23-30;/h4-23,31,34H,24-25H2,1-3H3;1H/q+1;/p-1/t31-,34-,43?;/m1./s1. The number of ether oxygens (including phenoxy) is 1. The fourth-order valence-electron chi connectivity index (χ4n) is 6.18. The Kier molecular flexibility index (Phi) is 9.41. The molecule has 1 fully saturated rings. The number of halogens is 1. The maximum atomic E-state index is 14.1. The average molecular weight is 689 g/mol. The third kappa shape index (κ3) is 5.85. The van der Waals surface area contributed by atoms with Gasteiger partial charge in [0.05, 0.1) is 28.6 Å². The molecule has 6 rings (SSSR count). The van der Waals surface area contributed by atoms with Crippen molar-refractivity contribution < 1.29 is 35.5 Å². The van der Waals surface area contributed by atoms with Crippen LogP contribution in [-0.4, -0.2) is 43.9 Å². The van der Waals surface area contributed by atoms with Crippen LogP contribution >= 0.6 is 7.26 Å². The monoisotopic (exact) mass is 687 g/mol. The van der Waals surface area contributed by atoms with Crippen LogP contribution in [0.15, 0.2) is 133 Å². The molecule has 2 heterocycles. The molecular formula is C36H35BrNO4PS. The first-order chi connectivity index (χ1) is 20.7. The topological polar surface area (TPSA) is 63.7 Å². The Morgan fingerprint density at radius 2 is 1.23 bits per heavy atom. The Morgan fingerprint density at radius 1 is 0.795 bits per heavy atom. The first kappa shape index (κ1) is 32.0. The van der Waals surface area contributed by atoms with E-state index in [0.717, 1.165) is 21.5 Å². The molecule has 1 saturated heterocycles. The van der Waals surface area contributed by atoms with Crippen molar-refractivity contribution in [2.45, 2.75) is 37.7 Å². The van der Waals surface area contributed by atoms with Gasteiger partial charge >= 0.3 is 5.97 Å². The summed E-state index contributed by atoms with van der Waals surface area (Å²) in [5.41, 5.74) is 1.00. The molecule has 8 heteroatoms. The van der Waals surface area contributed by atoms with Crippen LogP contribution in [0.25, 0.3) is 0 Å². The number of hydrogen-bond acceptors (Lipinski definition) is 4. The molecule has 0 bridgehead atoms. The summed E-state index contributed by atoms with van der Waals surface area (Å²) in [5.74, 6) is -1.12. The predicted molar refractivity (Wildman–Crippen MR) is 176 cm³/mol. The summed E-state index contributed by atoms with van der Waals surface area (Å²) < 4.78 is 20.0. The van der Waals surface area contributed by atoms with Crippen LogP contribution in [0.1, 0.15) is 32.3 Å². The number of fused-ring (bicyclic) bond motifs is 1. The minimum Gasteiger partial charge on any atom is -1.00 e. The summed E-state index contributed by atoms with van der Waals surface area (Å²) in [6.45, 7) is 5.47. The maximum absolute atomic E-state index is 14.1. The van der Waals surface area contributed by atoms with Gasteiger partial charge in [0.25, 0.3) is 0 Å². The van der Waals surface area contributed by atoms with Crippen LogP contribution in [0, 0.1) is 0 Å².